The Morgan fingerprint density at radius 3 is 2.67 bits per heavy atom. The Hall–Kier alpha value is -2.61. The summed E-state index contributed by atoms with van der Waals surface area (Å²) in [5, 5.41) is 26.0. The van der Waals surface area contributed by atoms with E-state index in [9.17, 15) is 0 Å². The van der Waals surface area contributed by atoms with Crippen molar-refractivity contribution in [3.63, 3.8) is 0 Å². The van der Waals surface area contributed by atoms with Gasteiger partial charge in [-0.3, -0.25) is 0 Å². The number of benzene rings is 2. The van der Waals surface area contributed by atoms with E-state index in [4.69, 9.17) is 10.9 Å². The fourth-order valence-electron chi connectivity index (χ4n) is 2.04. The first-order chi connectivity index (χ1) is 10.2. The molecule has 0 aliphatic rings. The van der Waals surface area contributed by atoms with Crippen molar-refractivity contribution in [2.45, 2.75) is 10.1 Å². The zero-order valence-electron chi connectivity index (χ0n) is 11.1. The summed E-state index contributed by atoms with van der Waals surface area (Å²) in [6.07, 6.45) is 0. The van der Waals surface area contributed by atoms with Crippen LogP contribution >= 0.6 is 11.8 Å². The number of rotatable bonds is 3. The number of aryl methyl sites for hydroxylation is 1. The molecule has 0 bridgehead atoms. The third kappa shape index (κ3) is 2.40. The van der Waals surface area contributed by atoms with Gasteiger partial charge in [-0.1, -0.05) is 29.4 Å². The number of fused-ring (bicyclic) bond motifs is 1. The minimum atomic E-state index is 0.0862. The van der Waals surface area contributed by atoms with E-state index in [1.165, 1.54) is 11.8 Å². The molecular formula is C13H12N6OS. The van der Waals surface area contributed by atoms with Crippen LogP contribution in [0.4, 0.5) is 0 Å². The minimum absolute atomic E-state index is 0.0862. The van der Waals surface area contributed by atoms with Crippen LogP contribution < -0.4 is 5.73 Å². The number of amidine groups is 1. The van der Waals surface area contributed by atoms with Crippen molar-refractivity contribution in [1.82, 2.24) is 20.2 Å². The van der Waals surface area contributed by atoms with E-state index in [0.29, 0.717) is 10.7 Å². The number of hydrogen-bond acceptors (Lipinski definition) is 6. The van der Waals surface area contributed by atoms with E-state index in [1.54, 1.807) is 11.7 Å². The summed E-state index contributed by atoms with van der Waals surface area (Å²) < 4.78 is 1.61. The second kappa shape index (κ2) is 5.41. The largest absolute Gasteiger partial charge is 0.409 e. The van der Waals surface area contributed by atoms with Gasteiger partial charge in [0.15, 0.2) is 5.84 Å². The molecule has 0 radical (unpaired) electrons. The van der Waals surface area contributed by atoms with Crippen LogP contribution in [0.15, 0.2) is 51.6 Å². The highest BCUT2D eigenvalue weighted by atomic mass is 32.2. The van der Waals surface area contributed by atoms with E-state index in [1.807, 2.05) is 36.4 Å². The first-order valence-corrected chi connectivity index (χ1v) is 6.92. The first-order valence-electron chi connectivity index (χ1n) is 6.10. The average molecular weight is 300 g/mol. The maximum Gasteiger partial charge on any atom is 0.213 e. The summed E-state index contributed by atoms with van der Waals surface area (Å²) in [5.74, 6) is 0.0862. The molecule has 21 heavy (non-hydrogen) atoms. The third-order valence-electron chi connectivity index (χ3n) is 3.05. The molecule has 0 aliphatic carbocycles. The van der Waals surface area contributed by atoms with Gasteiger partial charge in [0.05, 0.1) is 0 Å². The van der Waals surface area contributed by atoms with Gasteiger partial charge in [-0.2, -0.15) is 0 Å². The molecule has 1 heterocycles. The highest BCUT2D eigenvalue weighted by molar-refractivity contribution is 7.99. The molecular weight excluding hydrogens is 288 g/mol. The SMILES string of the molecule is Cn1nnnc1Sc1ccc(/C(N)=N/O)c2ccccc12. The second-order valence-electron chi connectivity index (χ2n) is 4.33. The van der Waals surface area contributed by atoms with Crippen molar-refractivity contribution < 1.29 is 5.21 Å². The van der Waals surface area contributed by atoms with Gasteiger partial charge in [-0.05, 0) is 45.1 Å². The summed E-state index contributed by atoms with van der Waals surface area (Å²) in [6.45, 7) is 0. The van der Waals surface area contributed by atoms with E-state index in [0.717, 1.165) is 15.7 Å². The monoisotopic (exact) mass is 300 g/mol. The fourth-order valence-corrected chi connectivity index (χ4v) is 2.91. The number of tetrazole rings is 1. The molecule has 0 saturated heterocycles. The summed E-state index contributed by atoms with van der Waals surface area (Å²) in [6, 6.07) is 11.5. The molecule has 0 unspecified atom stereocenters. The van der Waals surface area contributed by atoms with Crippen molar-refractivity contribution >= 4 is 28.4 Å². The van der Waals surface area contributed by atoms with E-state index < -0.39 is 0 Å². The Morgan fingerprint density at radius 2 is 2.00 bits per heavy atom. The maximum absolute atomic E-state index is 8.89. The lowest BCUT2D eigenvalue weighted by Crippen LogP contribution is -2.13. The number of hydrogen-bond donors (Lipinski definition) is 2. The Balaban J connectivity index is 2.15. The van der Waals surface area contributed by atoms with E-state index in [2.05, 4.69) is 20.7 Å². The molecule has 106 valence electrons. The molecule has 0 amide bonds. The molecule has 7 nitrogen and oxygen atoms in total. The smallest absolute Gasteiger partial charge is 0.213 e. The van der Waals surface area contributed by atoms with Gasteiger partial charge >= 0.3 is 0 Å². The van der Waals surface area contributed by atoms with Gasteiger partial charge < -0.3 is 10.9 Å². The summed E-state index contributed by atoms with van der Waals surface area (Å²) in [5.41, 5.74) is 6.42. The van der Waals surface area contributed by atoms with Crippen LogP contribution in [-0.2, 0) is 7.05 Å². The molecule has 0 atom stereocenters. The van der Waals surface area contributed by atoms with Crippen LogP contribution in [0.1, 0.15) is 5.56 Å². The second-order valence-corrected chi connectivity index (χ2v) is 5.34. The quantitative estimate of drug-likeness (QED) is 0.330. The summed E-state index contributed by atoms with van der Waals surface area (Å²) >= 11 is 1.46. The summed E-state index contributed by atoms with van der Waals surface area (Å²) in [7, 11) is 1.79. The van der Waals surface area contributed by atoms with E-state index >= 15 is 0 Å². The molecule has 1 aromatic heterocycles. The third-order valence-corrected chi connectivity index (χ3v) is 4.15. The van der Waals surface area contributed by atoms with Crippen LogP contribution in [0.2, 0.25) is 0 Å². The van der Waals surface area contributed by atoms with Crippen LogP contribution in [-0.4, -0.2) is 31.3 Å². The Morgan fingerprint density at radius 1 is 1.24 bits per heavy atom. The van der Waals surface area contributed by atoms with Gasteiger partial charge in [0.1, 0.15) is 0 Å². The fraction of sp³-hybridized carbons (Fsp3) is 0.0769. The molecule has 0 fully saturated rings. The number of nitrogens with zero attached hydrogens (tertiary/aromatic N) is 5. The molecule has 0 aliphatic heterocycles. The maximum atomic E-state index is 8.89. The molecule has 3 N–H and O–H groups in total. The standard InChI is InChI=1S/C13H12N6OS/c1-19-13(15-17-18-19)21-11-7-6-10(12(14)16-20)8-4-2-3-5-9(8)11/h2-7,20H,1H3,(H2,14,16). The number of aromatic nitrogens is 4. The average Bonchev–Trinajstić information content (AvgIpc) is 2.92. The van der Waals surface area contributed by atoms with Crippen LogP contribution in [0.5, 0.6) is 0 Å². The van der Waals surface area contributed by atoms with Crippen molar-refractivity contribution in [1.29, 1.82) is 0 Å². The molecule has 0 spiro atoms. The van der Waals surface area contributed by atoms with Crippen molar-refractivity contribution in [2.24, 2.45) is 17.9 Å². The van der Waals surface area contributed by atoms with Crippen LogP contribution in [0.3, 0.4) is 0 Å². The molecule has 0 saturated carbocycles. The minimum Gasteiger partial charge on any atom is -0.409 e. The predicted molar refractivity (Wildman–Crippen MR) is 79.4 cm³/mol. The molecule has 8 heteroatoms. The molecule has 3 rings (SSSR count). The van der Waals surface area contributed by atoms with Crippen molar-refractivity contribution in [3.05, 3.63) is 42.0 Å². The summed E-state index contributed by atoms with van der Waals surface area (Å²) in [4.78, 5) is 0.998. The van der Waals surface area contributed by atoms with Crippen LogP contribution in [0, 0.1) is 0 Å². The Labute approximate surface area is 124 Å². The zero-order valence-corrected chi connectivity index (χ0v) is 11.9. The van der Waals surface area contributed by atoms with Crippen LogP contribution in [0.25, 0.3) is 10.8 Å². The van der Waals surface area contributed by atoms with Gasteiger partial charge in [-0.25, -0.2) is 4.68 Å². The zero-order chi connectivity index (χ0) is 14.8. The lowest BCUT2D eigenvalue weighted by molar-refractivity contribution is 0.318. The highest BCUT2D eigenvalue weighted by Crippen LogP contribution is 2.33. The lowest BCUT2D eigenvalue weighted by atomic mass is 10.0. The lowest BCUT2D eigenvalue weighted by Gasteiger charge is -2.09. The highest BCUT2D eigenvalue weighted by Gasteiger charge is 2.12. The van der Waals surface area contributed by atoms with Crippen molar-refractivity contribution in [2.75, 3.05) is 0 Å². The van der Waals surface area contributed by atoms with Crippen molar-refractivity contribution in [3.8, 4) is 0 Å². The van der Waals surface area contributed by atoms with E-state index in [-0.39, 0.29) is 5.84 Å². The van der Waals surface area contributed by atoms with Gasteiger partial charge in [0.2, 0.25) is 5.16 Å². The number of oxime groups is 1. The topological polar surface area (TPSA) is 102 Å². The first kappa shape index (κ1) is 13.4. The van der Waals surface area contributed by atoms with Gasteiger partial charge in [0.25, 0.3) is 0 Å². The van der Waals surface area contributed by atoms with Gasteiger partial charge in [0, 0.05) is 17.5 Å². The molecule has 2 aromatic carbocycles. The van der Waals surface area contributed by atoms with Gasteiger partial charge in [-0.15, -0.1) is 5.10 Å². The number of nitrogens with two attached hydrogens (primary N) is 1. The normalized spacial score (nSPS) is 12.0. The Bertz CT molecular complexity index is 828. The molecule has 3 aromatic rings. The predicted octanol–water partition coefficient (Wildman–Crippen LogP) is 1.61. The Kier molecular flexibility index (Phi) is 3.44.